The number of aromatic nitrogens is 1. The van der Waals surface area contributed by atoms with Crippen LogP contribution in [0.15, 0.2) is 42.5 Å². The second-order valence-electron chi connectivity index (χ2n) is 4.85. The summed E-state index contributed by atoms with van der Waals surface area (Å²) in [4.78, 5) is 25.1. The Hall–Kier alpha value is -3.28. The van der Waals surface area contributed by atoms with E-state index in [1.54, 1.807) is 24.3 Å². The Morgan fingerprint density at radius 2 is 1.82 bits per heavy atom. The number of hydrogen-bond donors (Lipinski definition) is 4. The molecule has 0 bridgehead atoms. The Labute approximate surface area is 124 Å². The summed E-state index contributed by atoms with van der Waals surface area (Å²) < 4.78 is 0. The van der Waals surface area contributed by atoms with E-state index in [4.69, 9.17) is 10.8 Å². The number of carbonyl (C=O) groups is 2. The molecule has 110 valence electrons. The van der Waals surface area contributed by atoms with E-state index < -0.39 is 11.9 Å². The number of phenols is 1. The number of nitrogens with two attached hydrogens (primary N) is 1. The Kier molecular flexibility index (Phi) is 3.06. The number of phenolic OH excluding ortho intramolecular Hbond substituents is 1. The van der Waals surface area contributed by atoms with Crippen molar-refractivity contribution < 1.29 is 19.8 Å². The maximum Gasteiger partial charge on any atom is 0.335 e. The maximum atomic E-state index is 11.3. The van der Waals surface area contributed by atoms with Crippen LogP contribution in [0.1, 0.15) is 20.8 Å². The van der Waals surface area contributed by atoms with Crippen molar-refractivity contribution in [2.45, 2.75) is 0 Å². The molecule has 3 rings (SSSR count). The normalized spacial score (nSPS) is 10.7. The molecule has 0 radical (unpaired) electrons. The Balaban J connectivity index is 2.22. The minimum absolute atomic E-state index is 0.000295. The van der Waals surface area contributed by atoms with Crippen molar-refractivity contribution in [1.29, 1.82) is 0 Å². The van der Waals surface area contributed by atoms with Crippen LogP contribution in [0.2, 0.25) is 0 Å². The summed E-state index contributed by atoms with van der Waals surface area (Å²) in [7, 11) is 0. The van der Waals surface area contributed by atoms with Gasteiger partial charge in [-0.05, 0) is 35.9 Å². The summed E-state index contributed by atoms with van der Waals surface area (Å²) >= 11 is 0. The predicted octanol–water partition coefficient (Wildman–Crippen LogP) is 2.34. The largest absolute Gasteiger partial charge is 0.507 e. The molecule has 1 amide bonds. The van der Waals surface area contributed by atoms with Gasteiger partial charge in [0.25, 0.3) is 5.91 Å². The van der Waals surface area contributed by atoms with Gasteiger partial charge in [-0.25, -0.2) is 4.79 Å². The van der Waals surface area contributed by atoms with Gasteiger partial charge in [-0.2, -0.15) is 0 Å². The zero-order valence-corrected chi connectivity index (χ0v) is 11.3. The fourth-order valence-corrected chi connectivity index (χ4v) is 2.42. The van der Waals surface area contributed by atoms with Gasteiger partial charge in [0.05, 0.1) is 5.56 Å². The number of primary amides is 1. The van der Waals surface area contributed by atoms with Crippen molar-refractivity contribution >= 4 is 22.8 Å². The average molecular weight is 296 g/mol. The van der Waals surface area contributed by atoms with Crippen molar-refractivity contribution in [3.05, 3.63) is 53.7 Å². The van der Waals surface area contributed by atoms with Crippen molar-refractivity contribution in [2.24, 2.45) is 5.73 Å². The first-order valence-electron chi connectivity index (χ1n) is 6.45. The monoisotopic (exact) mass is 296 g/mol. The summed E-state index contributed by atoms with van der Waals surface area (Å²) in [6.07, 6.45) is 0. The quantitative estimate of drug-likeness (QED) is 0.593. The SMILES string of the molecule is NC(=O)c1cc2c(-c3ccc(C(=O)O)cc3O)cccc2[nH]1. The smallest absolute Gasteiger partial charge is 0.335 e. The number of fused-ring (bicyclic) bond motifs is 1. The second-order valence-corrected chi connectivity index (χ2v) is 4.85. The number of amides is 1. The van der Waals surface area contributed by atoms with Gasteiger partial charge in [0.15, 0.2) is 0 Å². The van der Waals surface area contributed by atoms with E-state index in [0.29, 0.717) is 16.6 Å². The van der Waals surface area contributed by atoms with Crippen LogP contribution >= 0.6 is 0 Å². The molecule has 5 N–H and O–H groups in total. The van der Waals surface area contributed by atoms with E-state index in [2.05, 4.69) is 4.98 Å². The van der Waals surface area contributed by atoms with Gasteiger partial charge < -0.3 is 20.9 Å². The van der Waals surface area contributed by atoms with E-state index in [9.17, 15) is 14.7 Å². The molecule has 6 heteroatoms. The van der Waals surface area contributed by atoms with Crippen molar-refractivity contribution in [2.75, 3.05) is 0 Å². The number of carbonyl (C=O) groups excluding carboxylic acids is 1. The number of benzene rings is 2. The van der Waals surface area contributed by atoms with E-state index in [-0.39, 0.29) is 17.0 Å². The standard InChI is InChI=1S/C16H12N2O4/c17-15(20)13-7-11-9(2-1-3-12(11)18-13)10-5-4-8(16(21)22)6-14(10)19/h1-7,18-19H,(H2,17,20)(H,21,22). The number of nitrogens with one attached hydrogen (secondary N) is 1. The fraction of sp³-hybridized carbons (Fsp3) is 0. The summed E-state index contributed by atoms with van der Waals surface area (Å²) in [5.41, 5.74) is 7.39. The molecule has 0 atom stereocenters. The van der Waals surface area contributed by atoms with Crippen LogP contribution in [0, 0.1) is 0 Å². The minimum Gasteiger partial charge on any atom is -0.507 e. The second kappa shape index (κ2) is 4.92. The average Bonchev–Trinajstić information content (AvgIpc) is 2.91. The number of aromatic carboxylic acids is 1. The van der Waals surface area contributed by atoms with Crippen LogP contribution in [0.25, 0.3) is 22.0 Å². The molecule has 22 heavy (non-hydrogen) atoms. The molecule has 0 fully saturated rings. The first-order chi connectivity index (χ1) is 10.5. The molecule has 1 heterocycles. The van der Waals surface area contributed by atoms with Crippen molar-refractivity contribution in [1.82, 2.24) is 4.98 Å². The lowest BCUT2D eigenvalue weighted by atomic mass is 9.99. The van der Waals surface area contributed by atoms with Gasteiger partial charge in [-0.3, -0.25) is 4.79 Å². The summed E-state index contributed by atoms with van der Waals surface area (Å²) in [5.74, 6) is -1.83. The lowest BCUT2D eigenvalue weighted by molar-refractivity contribution is 0.0696. The van der Waals surface area contributed by atoms with Gasteiger partial charge in [0.1, 0.15) is 11.4 Å². The van der Waals surface area contributed by atoms with Gasteiger partial charge in [0.2, 0.25) is 0 Å². The summed E-state index contributed by atoms with van der Waals surface area (Å²) in [6.45, 7) is 0. The molecule has 0 saturated heterocycles. The lowest BCUT2D eigenvalue weighted by Gasteiger charge is -2.07. The first kappa shape index (κ1) is 13.7. The highest BCUT2D eigenvalue weighted by atomic mass is 16.4. The highest BCUT2D eigenvalue weighted by Crippen LogP contribution is 2.35. The molecule has 1 aromatic heterocycles. The number of aromatic amines is 1. The van der Waals surface area contributed by atoms with Crippen LogP contribution in [-0.4, -0.2) is 27.1 Å². The number of carboxylic acid groups (broad SMARTS) is 1. The Morgan fingerprint density at radius 3 is 2.45 bits per heavy atom. The van der Waals surface area contributed by atoms with Crippen molar-refractivity contribution in [3.63, 3.8) is 0 Å². The molecular weight excluding hydrogens is 284 g/mol. The van der Waals surface area contributed by atoms with Gasteiger partial charge >= 0.3 is 5.97 Å². The number of H-pyrrole nitrogens is 1. The number of rotatable bonds is 3. The molecule has 3 aromatic rings. The Morgan fingerprint density at radius 1 is 1.05 bits per heavy atom. The summed E-state index contributed by atoms with van der Waals surface area (Å²) in [6, 6.07) is 11.1. The highest BCUT2D eigenvalue weighted by molar-refractivity contribution is 6.03. The summed E-state index contributed by atoms with van der Waals surface area (Å²) in [5, 5.41) is 19.8. The minimum atomic E-state index is -1.11. The molecule has 0 aliphatic rings. The predicted molar refractivity (Wildman–Crippen MR) is 80.9 cm³/mol. The van der Waals surface area contributed by atoms with Crippen LogP contribution < -0.4 is 5.73 Å². The van der Waals surface area contributed by atoms with Crippen LogP contribution in [-0.2, 0) is 0 Å². The number of carboxylic acids is 1. The third-order valence-corrected chi connectivity index (χ3v) is 3.46. The third kappa shape index (κ3) is 2.16. The fourth-order valence-electron chi connectivity index (χ4n) is 2.42. The van der Waals surface area contributed by atoms with Crippen molar-refractivity contribution in [3.8, 4) is 16.9 Å². The van der Waals surface area contributed by atoms with E-state index in [0.717, 1.165) is 5.39 Å². The van der Waals surface area contributed by atoms with Gasteiger partial charge in [-0.1, -0.05) is 12.1 Å². The zero-order valence-electron chi connectivity index (χ0n) is 11.3. The molecule has 0 aliphatic heterocycles. The zero-order chi connectivity index (χ0) is 15.9. The molecule has 0 unspecified atom stereocenters. The molecule has 2 aromatic carbocycles. The van der Waals surface area contributed by atoms with Gasteiger partial charge in [0, 0.05) is 16.5 Å². The maximum absolute atomic E-state index is 11.3. The van der Waals surface area contributed by atoms with E-state index >= 15 is 0 Å². The molecule has 0 spiro atoms. The third-order valence-electron chi connectivity index (χ3n) is 3.46. The molecular formula is C16H12N2O4. The molecule has 0 saturated carbocycles. The van der Waals surface area contributed by atoms with E-state index in [1.807, 2.05) is 0 Å². The number of hydrogen-bond acceptors (Lipinski definition) is 3. The number of aromatic hydroxyl groups is 1. The molecule has 6 nitrogen and oxygen atoms in total. The molecule has 0 aliphatic carbocycles. The van der Waals surface area contributed by atoms with E-state index in [1.165, 1.54) is 18.2 Å². The topological polar surface area (TPSA) is 116 Å². The Bertz CT molecular complexity index is 912. The van der Waals surface area contributed by atoms with Crippen LogP contribution in [0.5, 0.6) is 5.75 Å². The van der Waals surface area contributed by atoms with Crippen LogP contribution in [0.3, 0.4) is 0 Å². The first-order valence-corrected chi connectivity index (χ1v) is 6.45. The lowest BCUT2D eigenvalue weighted by Crippen LogP contribution is -2.10. The van der Waals surface area contributed by atoms with Gasteiger partial charge in [-0.15, -0.1) is 0 Å². The highest BCUT2D eigenvalue weighted by Gasteiger charge is 2.14. The van der Waals surface area contributed by atoms with Crippen LogP contribution in [0.4, 0.5) is 0 Å².